The van der Waals surface area contributed by atoms with Crippen LogP contribution in [0.15, 0.2) is 97.3 Å². The number of nitrogens with zero attached hydrogens (tertiary/aromatic N) is 8. The van der Waals surface area contributed by atoms with Crippen molar-refractivity contribution in [3.63, 3.8) is 0 Å². The number of alkyl halides is 6. The molecule has 0 aromatic carbocycles. The number of hydrogen-bond donors (Lipinski definition) is 0. The maximum atomic E-state index is 12.5. The molecule has 0 atom stereocenters. The summed E-state index contributed by atoms with van der Waals surface area (Å²) >= 11 is 0. The molecule has 43 heavy (non-hydrogen) atoms. The van der Waals surface area contributed by atoms with Crippen LogP contribution in [0, 0.1) is 0 Å². The second-order valence-corrected chi connectivity index (χ2v) is 8.47. The maximum Gasteiger partial charge on any atom is 2.00 e. The van der Waals surface area contributed by atoms with Crippen LogP contribution in [0.5, 0.6) is 0 Å². The fraction of sp³-hybridized carbons (Fsp3) is 0.0714. The molecule has 15 heteroatoms. The van der Waals surface area contributed by atoms with Gasteiger partial charge >= 0.3 is 31.8 Å². The van der Waals surface area contributed by atoms with Crippen molar-refractivity contribution in [3.8, 4) is 45.6 Å². The Hall–Kier alpha value is -4.78. The normalized spacial score (nSPS) is 11.3. The fourth-order valence-corrected chi connectivity index (χ4v) is 3.59. The van der Waals surface area contributed by atoms with Gasteiger partial charge < -0.3 is 20.4 Å². The van der Waals surface area contributed by atoms with Gasteiger partial charge in [-0.15, -0.1) is 0 Å². The summed E-state index contributed by atoms with van der Waals surface area (Å²) in [7, 11) is 0. The van der Waals surface area contributed by atoms with Crippen molar-refractivity contribution in [2.45, 2.75) is 12.4 Å². The largest absolute Gasteiger partial charge is 2.00 e. The molecule has 0 unspecified atom stereocenters. The number of pyridine rings is 4. The molecule has 0 aliphatic heterocycles. The Balaban J connectivity index is 0.000000199. The SMILES string of the molecule is FC(F)(F)c1cc(-c2cccc(-c3cc(C(F)(F)F)n[n-]3)n2)[n-]n1.[Ru+2].c1ccc(-c2cccc(-c3ccccn3)n2)nc1. The van der Waals surface area contributed by atoms with E-state index in [2.05, 4.69) is 40.3 Å². The van der Waals surface area contributed by atoms with Gasteiger partial charge in [0, 0.05) is 12.4 Å². The Morgan fingerprint density at radius 3 is 1.19 bits per heavy atom. The molecule has 6 heterocycles. The van der Waals surface area contributed by atoms with E-state index in [1.807, 2.05) is 54.6 Å². The summed E-state index contributed by atoms with van der Waals surface area (Å²) in [6.45, 7) is 0. The van der Waals surface area contributed by atoms with Crippen LogP contribution in [0.2, 0.25) is 0 Å². The zero-order valence-corrected chi connectivity index (χ0v) is 23.2. The molecule has 0 radical (unpaired) electrons. The molecule has 0 aliphatic carbocycles. The standard InChI is InChI=1S/C15H11N3.C13H5F6N5.Ru/c1-3-10-16-12(6-1)14-8-5-9-15(18-14)13-7-2-4-11-17-13;14-12(15,16)10-4-8(21-23-10)6-2-1-3-7(20-6)9-5-11(24-22-9)13(17,18)19;/h1-11H;1-5H;/q;-2;+2. The van der Waals surface area contributed by atoms with Gasteiger partial charge in [-0.3, -0.25) is 15.0 Å². The van der Waals surface area contributed by atoms with Crippen molar-refractivity contribution in [1.29, 1.82) is 0 Å². The predicted molar refractivity (Wildman–Crippen MR) is 138 cm³/mol. The molecule has 0 saturated carbocycles. The van der Waals surface area contributed by atoms with E-state index in [-0.39, 0.29) is 42.3 Å². The Morgan fingerprint density at radius 1 is 0.465 bits per heavy atom. The Labute approximate surface area is 252 Å². The van der Waals surface area contributed by atoms with Crippen molar-refractivity contribution in [2.75, 3.05) is 0 Å². The van der Waals surface area contributed by atoms with E-state index in [1.165, 1.54) is 18.2 Å². The summed E-state index contributed by atoms with van der Waals surface area (Å²) < 4.78 is 75.2. The van der Waals surface area contributed by atoms with Crippen LogP contribution in [-0.4, -0.2) is 30.1 Å². The average Bonchev–Trinajstić information content (AvgIpc) is 3.70. The first-order chi connectivity index (χ1) is 20.1. The van der Waals surface area contributed by atoms with E-state index in [0.29, 0.717) is 12.1 Å². The second-order valence-electron chi connectivity index (χ2n) is 8.47. The van der Waals surface area contributed by atoms with Crippen LogP contribution in [0.4, 0.5) is 26.3 Å². The van der Waals surface area contributed by atoms with E-state index in [9.17, 15) is 26.3 Å². The molecule has 6 aromatic heterocycles. The van der Waals surface area contributed by atoms with E-state index >= 15 is 0 Å². The average molecular weight is 680 g/mol. The van der Waals surface area contributed by atoms with Gasteiger partial charge in [0.25, 0.3) is 0 Å². The van der Waals surface area contributed by atoms with Crippen LogP contribution in [-0.2, 0) is 31.8 Å². The van der Waals surface area contributed by atoms with Crippen molar-refractivity contribution >= 4 is 0 Å². The fourth-order valence-electron chi connectivity index (χ4n) is 3.59. The molecule has 6 aromatic rings. The minimum Gasteiger partial charge on any atom is -0.573 e. The van der Waals surface area contributed by atoms with Crippen LogP contribution >= 0.6 is 0 Å². The van der Waals surface area contributed by atoms with Gasteiger partial charge in [0.2, 0.25) is 0 Å². The number of rotatable bonds is 4. The Kier molecular flexibility index (Phi) is 9.44. The van der Waals surface area contributed by atoms with Crippen molar-refractivity contribution in [1.82, 2.24) is 40.3 Å². The molecule has 6 rings (SSSR count). The molecule has 0 aliphatic rings. The van der Waals surface area contributed by atoms with Crippen molar-refractivity contribution in [2.24, 2.45) is 0 Å². The molecule has 0 saturated heterocycles. The van der Waals surface area contributed by atoms with Gasteiger partial charge in [0.1, 0.15) is 11.4 Å². The molecule has 0 spiro atoms. The minimum atomic E-state index is -4.65. The number of aromatic nitrogens is 8. The van der Waals surface area contributed by atoms with E-state index < -0.39 is 23.7 Å². The van der Waals surface area contributed by atoms with E-state index in [4.69, 9.17) is 0 Å². The zero-order valence-electron chi connectivity index (χ0n) is 21.4. The van der Waals surface area contributed by atoms with Gasteiger partial charge in [0.15, 0.2) is 0 Å². The third-order valence-corrected chi connectivity index (χ3v) is 5.54. The Morgan fingerprint density at radius 2 is 0.837 bits per heavy atom. The second kappa shape index (κ2) is 13.0. The van der Waals surface area contributed by atoms with Crippen LogP contribution < -0.4 is 10.2 Å². The summed E-state index contributed by atoms with van der Waals surface area (Å²) in [4.78, 5) is 17.2. The number of halogens is 6. The zero-order chi connectivity index (χ0) is 29.7. The summed E-state index contributed by atoms with van der Waals surface area (Å²) in [6.07, 6.45) is -5.77. The summed E-state index contributed by atoms with van der Waals surface area (Å²) in [5.41, 5.74) is 0.830. The third-order valence-electron chi connectivity index (χ3n) is 5.54. The molecule has 0 fully saturated rings. The van der Waals surface area contributed by atoms with Crippen molar-refractivity contribution in [3.05, 3.63) is 109 Å². The summed E-state index contributed by atoms with van der Waals surface area (Å²) in [6, 6.07) is 23.0. The molecular formula is C28H16F6N8Ru. The quantitative estimate of drug-likeness (QED) is 0.157. The first kappa shape index (κ1) is 31.2. The van der Waals surface area contributed by atoms with Gasteiger partial charge in [0.05, 0.1) is 34.2 Å². The van der Waals surface area contributed by atoms with E-state index in [0.717, 1.165) is 22.8 Å². The molecule has 0 N–H and O–H groups in total. The Bertz CT molecular complexity index is 1650. The molecular weight excluding hydrogens is 663 g/mol. The van der Waals surface area contributed by atoms with E-state index in [1.54, 1.807) is 12.4 Å². The van der Waals surface area contributed by atoms with Crippen LogP contribution in [0.1, 0.15) is 11.4 Å². The smallest absolute Gasteiger partial charge is 0.573 e. The molecule has 8 nitrogen and oxygen atoms in total. The van der Waals surface area contributed by atoms with Crippen LogP contribution in [0.3, 0.4) is 0 Å². The molecule has 0 amide bonds. The maximum absolute atomic E-state index is 12.5. The summed E-state index contributed by atoms with van der Waals surface area (Å²) in [5, 5.41) is 12.8. The molecule has 0 bridgehead atoms. The topological polar surface area (TPSA) is 106 Å². The van der Waals surface area contributed by atoms with Gasteiger partial charge in [-0.2, -0.15) is 26.3 Å². The predicted octanol–water partition coefficient (Wildman–Crippen LogP) is 6.36. The van der Waals surface area contributed by atoms with Gasteiger partial charge in [-0.1, -0.05) is 35.7 Å². The first-order valence-electron chi connectivity index (χ1n) is 12.0. The number of hydrogen-bond acceptors (Lipinski definition) is 6. The van der Waals surface area contributed by atoms with Gasteiger partial charge in [-0.05, 0) is 60.7 Å². The monoisotopic (exact) mass is 680 g/mol. The van der Waals surface area contributed by atoms with Crippen molar-refractivity contribution < 1.29 is 45.8 Å². The third kappa shape index (κ3) is 7.74. The summed E-state index contributed by atoms with van der Waals surface area (Å²) in [5.74, 6) is 0. The van der Waals surface area contributed by atoms with Gasteiger partial charge in [-0.25, -0.2) is 4.98 Å². The minimum absolute atomic E-state index is 0. The molecule has 218 valence electrons. The first-order valence-corrected chi connectivity index (χ1v) is 12.0. The van der Waals surface area contributed by atoms with Crippen LogP contribution in [0.25, 0.3) is 45.6 Å².